The predicted octanol–water partition coefficient (Wildman–Crippen LogP) is 2.74. The number of rotatable bonds is 3. The number of nitrogens with zero attached hydrogens (tertiary/aromatic N) is 3. The number of thiophene rings is 1. The molecule has 3 heterocycles. The van der Waals surface area contributed by atoms with Crippen LogP contribution >= 0.6 is 11.3 Å². The van der Waals surface area contributed by atoms with Gasteiger partial charge in [-0.05, 0) is 24.4 Å². The van der Waals surface area contributed by atoms with Gasteiger partial charge in [-0.25, -0.2) is 4.98 Å². The highest BCUT2D eigenvalue weighted by Gasteiger charge is 2.15. The molecule has 0 spiro atoms. The van der Waals surface area contributed by atoms with Crippen molar-refractivity contribution in [2.24, 2.45) is 0 Å². The van der Waals surface area contributed by atoms with Gasteiger partial charge in [-0.2, -0.15) is 0 Å². The van der Waals surface area contributed by atoms with Crippen LogP contribution in [0.25, 0.3) is 10.2 Å². The largest absolute Gasteiger partial charge is 0.328 e. The Hall–Kier alpha value is -2.01. The summed E-state index contributed by atoms with van der Waals surface area (Å²) in [6, 6.07) is 3.82. The van der Waals surface area contributed by atoms with E-state index in [1.54, 1.807) is 23.7 Å². The highest BCUT2D eigenvalue weighted by atomic mass is 32.1. The summed E-state index contributed by atoms with van der Waals surface area (Å²) in [7, 11) is 0. The third kappa shape index (κ3) is 1.73. The zero-order valence-electron chi connectivity index (χ0n) is 9.83. The maximum absolute atomic E-state index is 12.3. The summed E-state index contributed by atoms with van der Waals surface area (Å²) in [5.41, 5.74) is 1.52. The van der Waals surface area contributed by atoms with Crippen molar-refractivity contribution in [2.45, 2.75) is 13.5 Å². The lowest BCUT2D eigenvalue weighted by molar-refractivity contribution is 0.102. The molecule has 3 rings (SSSR count). The summed E-state index contributed by atoms with van der Waals surface area (Å²) < 4.78 is 2.86. The van der Waals surface area contributed by atoms with E-state index in [4.69, 9.17) is 0 Å². The molecule has 0 aliphatic rings. The second kappa shape index (κ2) is 4.34. The molecule has 0 unspecified atom stereocenters. The van der Waals surface area contributed by atoms with Crippen LogP contribution in [0.4, 0.5) is 0 Å². The van der Waals surface area contributed by atoms with Crippen LogP contribution in [0.1, 0.15) is 23.1 Å². The summed E-state index contributed by atoms with van der Waals surface area (Å²) in [4.78, 5) is 20.7. The van der Waals surface area contributed by atoms with Crippen LogP contribution in [-0.2, 0) is 6.54 Å². The van der Waals surface area contributed by atoms with Crippen molar-refractivity contribution in [1.82, 2.24) is 14.5 Å². The van der Waals surface area contributed by atoms with E-state index in [0.717, 1.165) is 16.8 Å². The monoisotopic (exact) mass is 257 g/mol. The molecule has 0 radical (unpaired) electrons. The van der Waals surface area contributed by atoms with E-state index >= 15 is 0 Å². The fourth-order valence-corrected chi connectivity index (χ4v) is 2.65. The highest BCUT2D eigenvalue weighted by molar-refractivity contribution is 7.17. The number of aryl methyl sites for hydroxylation is 1. The standard InChI is InChI=1S/C13H11N3OS/c1-2-16-5-4-14-13(16)12(17)9-7-11-10(15-8-9)3-6-18-11/h3-8H,2H2,1H3. The first-order chi connectivity index (χ1) is 8.79. The van der Waals surface area contributed by atoms with Crippen molar-refractivity contribution < 1.29 is 4.79 Å². The van der Waals surface area contributed by atoms with Gasteiger partial charge in [0.05, 0.1) is 10.2 Å². The Labute approximate surface area is 108 Å². The van der Waals surface area contributed by atoms with Gasteiger partial charge in [-0.3, -0.25) is 9.78 Å². The highest BCUT2D eigenvalue weighted by Crippen LogP contribution is 2.20. The van der Waals surface area contributed by atoms with Crippen molar-refractivity contribution in [3.05, 3.63) is 47.5 Å². The maximum atomic E-state index is 12.3. The number of pyridine rings is 1. The fourth-order valence-electron chi connectivity index (χ4n) is 1.87. The first-order valence-electron chi connectivity index (χ1n) is 5.68. The first-order valence-corrected chi connectivity index (χ1v) is 6.56. The molecule has 0 N–H and O–H groups in total. The molecule has 0 saturated heterocycles. The second-order valence-electron chi connectivity index (χ2n) is 3.89. The normalized spacial score (nSPS) is 10.9. The fraction of sp³-hybridized carbons (Fsp3) is 0.154. The molecular weight excluding hydrogens is 246 g/mol. The van der Waals surface area contributed by atoms with Gasteiger partial charge in [0.25, 0.3) is 0 Å². The lowest BCUT2D eigenvalue weighted by Crippen LogP contribution is -2.10. The van der Waals surface area contributed by atoms with Crippen molar-refractivity contribution in [1.29, 1.82) is 0 Å². The smallest absolute Gasteiger partial charge is 0.230 e. The Balaban J connectivity index is 2.06. The summed E-state index contributed by atoms with van der Waals surface area (Å²) in [5.74, 6) is 0.389. The Morgan fingerprint density at radius 1 is 1.44 bits per heavy atom. The number of fused-ring (bicyclic) bond motifs is 1. The number of hydrogen-bond donors (Lipinski definition) is 0. The Morgan fingerprint density at radius 2 is 2.33 bits per heavy atom. The number of carbonyl (C=O) groups excluding carboxylic acids is 1. The van der Waals surface area contributed by atoms with Crippen LogP contribution in [-0.4, -0.2) is 20.3 Å². The number of hydrogen-bond acceptors (Lipinski definition) is 4. The lowest BCUT2D eigenvalue weighted by Gasteiger charge is -2.03. The average molecular weight is 257 g/mol. The van der Waals surface area contributed by atoms with E-state index < -0.39 is 0 Å². The minimum absolute atomic E-state index is 0.0790. The molecule has 18 heavy (non-hydrogen) atoms. The first kappa shape index (κ1) is 11.1. The topological polar surface area (TPSA) is 47.8 Å². The average Bonchev–Trinajstić information content (AvgIpc) is 3.05. The predicted molar refractivity (Wildman–Crippen MR) is 71.0 cm³/mol. The zero-order chi connectivity index (χ0) is 12.5. The molecule has 0 aromatic carbocycles. The number of ketones is 1. The third-order valence-electron chi connectivity index (χ3n) is 2.82. The molecule has 5 heteroatoms. The van der Waals surface area contributed by atoms with Gasteiger partial charge in [-0.1, -0.05) is 0 Å². The summed E-state index contributed by atoms with van der Waals surface area (Å²) >= 11 is 1.58. The van der Waals surface area contributed by atoms with Crippen LogP contribution in [0.3, 0.4) is 0 Å². The summed E-state index contributed by atoms with van der Waals surface area (Å²) in [6.07, 6.45) is 5.07. The summed E-state index contributed by atoms with van der Waals surface area (Å²) in [5, 5.41) is 1.97. The SMILES string of the molecule is CCn1ccnc1C(=O)c1cnc2ccsc2c1. The second-order valence-corrected chi connectivity index (χ2v) is 4.84. The van der Waals surface area contributed by atoms with Gasteiger partial charge < -0.3 is 4.57 Å². The van der Waals surface area contributed by atoms with Gasteiger partial charge in [0.2, 0.25) is 5.78 Å². The van der Waals surface area contributed by atoms with Gasteiger partial charge in [-0.15, -0.1) is 11.3 Å². The van der Waals surface area contributed by atoms with Crippen LogP contribution in [0.15, 0.2) is 36.1 Å². The van der Waals surface area contributed by atoms with Crippen molar-refractivity contribution >= 4 is 27.3 Å². The lowest BCUT2D eigenvalue weighted by atomic mass is 10.1. The van der Waals surface area contributed by atoms with E-state index in [2.05, 4.69) is 9.97 Å². The Kier molecular flexibility index (Phi) is 2.68. The molecular formula is C13H11N3OS. The Morgan fingerprint density at radius 3 is 3.17 bits per heavy atom. The minimum Gasteiger partial charge on any atom is -0.328 e. The molecule has 3 aromatic heterocycles. The molecule has 0 saturated carbocycles. The molecule has 3 aromatic rings. The van der Waals surface area contributed by atoms with Crippen LogP contribution in [0, 0.1) is 0 Å². The molecule has 90 valence electrons. The number of aromatic nitrogens is 3. The van der Waals surface area contributed by atoms with Crippen LogP contribution < -0.4 is 0 Å². The van der Waals surface area contributed by atoms with Crippen LogP contribution in [0.2, 0.25) is 0 Å². The molecule has 0 fully saturated rings. The van der Waals surface area contributed by atoms with Crippen molar-refractivity contribution in [3.8, 4) is 0 Å². The molecule has 0 atom stereocenters. The molecule has 0 aliphatic carbocycles. The molecule has 0 bridgehead atoms. The quantitative estimate of drug-likeness (QED) is 0.678. The van der Waals surface area contributed by atoms with Gasteiger partial charge >= 0.3 is 0 Å². The summed E-state index contributed by atoms with van der Waals surface area (Å²) in [6.45, 7) is 2.72. The van der Waals surface area contributed by atoms with E-state index in [1.807, 2.05) is 35.2 Å². The van der Waals surface area contributed by atoms with Gasteiger partial charge in [0, 0.05) is 30.7 Å². The van der Waals surface area contributed by atoms with E-state index in [1.165, 1.54) is 0 Å². The number of carbonyl (C=O) groups is 1. The molecule has 0 aliphatic heterocycles. The number of imidazole rings is 1. The Bertz CT molecular complexity index is 714. The van der Waals surface area contributed by atoms with E-state index in [-0.39, 0.29) is 5.78 Å². The van der Waals surface area contributed by atoms with Gasteiger partial charge in [0.1, 0.15) is 0 Å². The van der Waals surface area contributed by atoms with Crippen molar-refractivity contribution in [3.63, 3.8) is 0 Å². The third-order valence-corrected chi connectivity index (χ3v) is 3.68. The van der Waals surface area contributed by atoms with Crippen molar-refractivity contribution in [2.75, 3.05) is 0 Å². The van der Waals surface area contributed by atoms with Gasteiger partial charge in [0.15, 0.2) is 5.82 Å². The molecule has 4 nitrogen and oxygen atoms in total. The molecule has 0 amide bonds. The van der Waals surface area contributed by atoms with E-state index in [0.29, 0.717) is 11.4 Å². The van der Waals surface area contributed by atoms with Crippen LogP contribution in [0.5, 0.6) is 0 Å². The minimum atomic E-state index is -0.0790. The van der Waals surface area contributed by atoms with E-state index in [9.17, 15) is 4.79 Å². The zero-order valence-corrected chi connectivity index (χ0v) is 10.6. The maximum Gasteiger partial charge on any atom is 0.230 e.